The van der Waals surface area contributed by atoms with Gasteiger partial charge in [0.15, 0.2) is 17.7 Å². The number of carbonyl (C=O) groups excluding carboxylic acids is 1. The minimum Gasteiger partial charge on any atom is -0.478 e. The fourth-order valence-corrected chi connectivity index (χ4v) is 3.51. The van der Waals surface area contributed by atoms with E-state index in [4.69, 9.17) is 4.74 Å². The molecule has 2 aromatic rings. The summed E-state index contributed by atoms with van der Waals surface area (Å²) in [5, 5.41) is 0. The highest BCUT2D eigenvalue weighted by Gasteiger charge is 2.28. The third-order valence-electron chi connectivity index (χ3n) is 4.62. The molecule has 3 rings (SSSR count). The number of nitrogens with zero attached hydrogens (tertiary/aromatic N) is 1. The van der Waals surface area contributed by atoms with Gasteiger partial charge in [-0.25, -0.2) is 4.39 Å². The number of quaternary nitrogens is 1. The van der Waals surface area contributed by atoms with Crippen molar-refractivity contribution in [2.75, 3.05) is 26.2 Å². The number of carbonyl (C=O) groups is 1. The zero-order valence-corrected chi connectivity index (χ0v) is 16.3. The Morgan fingerprint density at radius 2 is 1.92 bits per heavy atom. The Bertz CT molecular complexity index is 749. The van der Waals surface area contributed by atoms with Gasteiger partial charge >= 0.3 is 0 Å². The van der Waals surface area contributed by atoms with Crippen LogP contribution in [0.2, 0.25) is 0 Å². The van der Waals surface area contributed by atoms with Crippen LogP contribution in [-0.4, -0.2) is 43.1 Å². The lowest BCUT2D eigenvalue weighted by atomic mass is 10.2. The summed E-state index contributed by atoms with van der Waals surface area (Å²) in [6.45, 7) is 5.83. The van der Waals surface area contributed by atoms with Crippen LogP contribution in [0.3, 0.4) is 0 Å². The van der Waals surface area contributed by atoms with Gasteiger partial charge in [-0.15, -0.1) is 0 Å². The molecular formula is C20H23BrFN2O2+. The summed E-state index contributed by atoms with van der Waals surface area (Å²) in [5.74, 6) is -0.468. The zero-order valence-electron chi connectivity index (χ0n) is 14.8. The molecule has 0 spiro atoms. The van der Waals surface area contributed by atoms with Crippen LogP contribution < -0.4 is 9.64 Å². The van der Waals surface area contributed by atoms with Gasteiger partial charge in [0.25, 0.3) is 5.91 Å². The molecule has 1 amide bonds. The van der Waals surface area contributed by atoms with Crippen molar-refractivity contribution in [3.05, 3.63) is 64.4 Å². The molecule has 1 atom stereocenters. The largest absolute Gasteiger partial charge is 0.478 e. The van der Waals surface area contributed by atoms with Crippen molar-refractivity contribution in [2.45, 2.75) is 19.6 Å². The lowest BCUT2D eigenvalue weighted by molar-refractivity contribution is -0.917. The number of hydrogen-bond acceptors (Lipinski definition) is 2. The molecule has 6 heteroatoms. The van der Waals surface area contributed by atoms with E-state index in [9.17, 15) is 9.18 Å². The van der Waals surface area contributed by atoms with E-state index < -0.39 is 11.9 Å². The molecule has 1 aliphatic heterocycles. The molecule has 4 nitrogen and oxygen atoms in total. The molecule has 138 valence electrons. The maximum Gasteiger partial charge on any atom is 0.263 e. The first-order valence-corrected chi connectivity index (χ1v) is 9.60. The van der Waals surface area contributed by atoms with Crippen LogP contribution in [0.1, 0.15) is 12.5 Å². The first-order valence-electron chi connectivity index (χ1n) is 8.81. The minimum absolute atomic E-state index is 0.0916. The van der Waals surface area contributed by atoms with E-state index in [-0.39, 0.29) is 11.7 Å². The summed E-state index contributed by atoms with van der Waals surface area (Å²) in [5.41, 5.74) is 1.31. The van der Waals surface area contributed by atoms with E-state index in [1.165, 1.54) is 22.6 Å². The Balaban J connectivity index is 1.51. The second-order valence-corrected chi connectivity index (χ2v) is 7.49. The average molecular weight is 422 g/mol. The molecule has 0 saturated carbocycles. The summed E-state index contributed by atoms with van der Waals surface area (Å²) in [6, 6.07) is 14.9. The number of benzene rings is 2. The fraction of sp³-hybridized carbons (Fsp3) is 0.350. The van der Waals surface area contributed by atoms with Gasteiger partial charge in [0.1, 0.15) is 6.54 Å². The molecule has 1 heterocycles. The molecule has 0 bridgehead atoms. The highest BCUT2D eigenvalue weighted by atomic mass is 79.9. The Morgan fingerprint density at radius 3 is 2.58 bits per heavy atom. The van der Waals surface area contributed by atoms with Gasteiger partial charge in [0.05, 0.1) is 26.2 Å². The number of ether oxygens (including phenoxy) is 1. The molecule has 0 aromatic heterocycles. The Morgan fingerprint density at radius 1 is 1.23 bits per heavy atom. The van der Waals surface area contributed by atoms with Gasteiger partial charge in [0, 0.05) is 10.0 Å². The molecule has 0 radical (unpaired) electrons. The smallest absolute Gasteiger partial charge is 0.263 e. The number of piperazine rings is 1. The lowest BCUT2D eigenvalue weighted by Crippen LogP contribution is -3.13. The van der Waals surface area contributed by atoms with Crippen molar-refractivity contribution >= 4 is 21.8 Å². The van der Waals surface area contributed by atoms with Crippen LogP contribution in [0.25, 0.3) is 0 Å². The van der Waals surface area contributed by atoms with Crippen LogP contribution in [0.5, 0.6) is 5.75 Å². The Labute approximate surface area is 161 Å². The highest BCUT2D eigenvalue weighted by molar-refractivity contribution is 9.10. The summed E-state index contributed by atoms with van der Waals surface area (Å²) in [7, 11) is 0. The number of nitrogens with one attached hydrogen (secondary N) is 1. The molecule has 0 unspecified atom stereocenters. The van der Waals surface area contributed by atoms with Crippen LogP contribution in [-0.2, 0) is 11.3 Å². The van der Waals surface area contributed by atoms with Crippen LogP contribution in [0.4, 0.5) is 4.39 Å². The summed E-state index contributed by atoms with van der Waals surface area (Å²) >= 11 is 3.21. The monoisotopic (exact) mass is 421 g/mol. The third-order valence-corrected chi connectivity index (χ3v) is 5.12. The van der Waals surface area contributed by atoms with Gasteiger partial charge in [-0.3, -0.25) is 4.79 Å². The average Bonchev–Trinajstić information content (AvgIpc) is 2.65. The van der Waals surface area contributed by atoms with E-state index in [1.807, 2.05) is 11.0 Å². The van der Waals surface area contributed by atoms with Gasteiger partial charge in [-0.05, 0) is 25.1 Å². The van der Waals surface area contributed by atoms with E-state index in [0.717, 1.165) is 19.6 Å². The van der Waals surface area contributed by atoms with E-state index in [2.05, 4.69) is 40.2 Å². The number of hydrogen-bond donors (Lipinski definition) is 1. The maximum atomic E-state index is 13.9. The predicted molar refractivity (Wildman–Crippen MR) is 102 cm³/mol. The number of amides is 1. The van der Waals surface area contributed by atoms with Crippen molar-refractivity contribution in [1.29, 1.82) is 0 Å². The molecule has 26 heavy (non-hydrogen) atoms. The predicted octanol–water partition coefficient (Wildman–Crippen LogP) is 2.28. The van der Waals surface area contributed by atoms with Gasteiger partial charge in [-0.1, -0.05) is 46.3 Å². The third kappa shape index (κ3) is 4.83. The standard InChI is InChI=1S/C20H22BrFN2O2/c1-15(26-19-8-7-17(21)13-18(19)22)20(25)24-11-9-23(10-12-24)14-16-5-3-2-4-6-16/h2-8,13,15H,9-12,14H2,1H3/p+1/t15-/m0/s1. The van der Waals surface area contributed by atoms with E-state index >= 15 is 0 Å². The van der Waals surface area contributed by atoms with E-state index in [1.54, 1.807) is 13.0 Å². The van der Waals surface area contributed by atoms with Crippen LogP contribution in [0.15, 0.2) is 53.0 Å². The first kappa shape index (κ1) is 18.9. The minimum atomic E-state index is -0.707. The first-order chi connectivity index (χ1) is 12.5. The van der Waals surface area contributed by atoms with Gasteiger partial charge in [-0.2, -0.15) is 0 Å². The Hall–Kier alpha value is -1.92. The second kappa shape index (κ2) is 8.64. The topological polar surface area (TPSA) is 34.0 Å². The van der Waals surface area contributed by atoms with Crippen LogP contribution >= 0.6 is 15.9 Å². The van der Waals surface area contributed by atoms with E-state index in [0.29, 0.717) is 17.6 Å². The molecule has 1 aliphatic rings. The van der Waals surface area contributed by atoms with Crippen molar-refractivity contribution < 1.29 is 18.8 Å². The van der Waals surface area contributed by atoms with Crippen molar-refractivity contribution in [3.8, 4) is 5.75 Å². The fourth-order valence-electron chi connectivity index (χ4n) is 3.17. The molecule has 1 saturated heterocycles. The number of rotatable bonds is 5. The molecular weight excluding hydrogens is 399 g/mol. The molecule has 2 aromatic carbocycles. The summed E-state index contributed by atoms with van der Waals surface area (Å²) in [6.07, 6.45) is -0.707. The SMILES string of the molecule is C[C@H](Oc1ccc(Br)cc1F)C(=O)N1CC[NH+](Cc2ccccc2)CC1. The number of halogens is 2. The summed E-state index contributed by atoms with van der Waals surface area (Å²) in [4.78, 5) is 15.9. The normalized spacial score (nSPS) is 16.3. The second-order valence-electron chi connectivity index (χ2n) is 6.57. The van der Waals surface area contributed by atoms with Gasteiger partial charge < -0.3 is 14.5 Å². The molecule has 0 aliphatic carbocycles. The van der Waals surface area contributed by atoms with Crippen molar-refractivity contribution in [1.82, 2.24) is 4.90 Å². The highest BCUT2D eigenvalue weighted by Crippen LogP contribution is 2.22. The lowest BCUT2D eigenvalue weighted by Gasteiger charge is -2.33. The Kier molecular flexibility index (Phi) is 6.27. The van der Waals surface area contributed by atoms with Crippen molar-refractivity contribution in [3.63, 3.8) is 0 Å². The maximum absolute atomic E-state index is 13.9. The zero-order chi connectivity index (χ0) is 18.5. The molecule has 1 N–H and O–H groups in total. The van der Waals surface area contributed by atoms with Gasteiger partial charge in [0.2, 0.25) is 0 Å². The van der Waals surface area contributed by atoms with Crippen molar-refractivity contribution in [2.24, 2.45) is 0 Å². The molecule has 1 fully saturated rings. The summed E-state index contributed by atoms with van der Waals surface area (Å²) < 4.78 is 20.1. The quantitative estimate of drug-likeness (QED) is 0.803. The van der Waals surface area contributed by atoms with Crippen LogP contribution in [0, 0.1) is 5.82 Å².